The van der Waals surface area contributed by atoms with Crippen molar-refractivity contribution < 1.29 is 28.6 Å². The Morgan fingerprint density at radius 2 is 1.69 bits per heavy atom. The quantitative estimate of drug-likeness (QED) is 0.246. The Bertz CT molecular complexity index is 881. The number of allylic oxidation sites excluding steroid dienone is 2. The highest BCUT2D eigenvalue weighted by Gasteiger charge is 2.64. The van der Waals surface area contributed by atoms with Crippen LogP contribution in [-0.4, -0.2) is 36.7 Å². The molecule has 3 saturated carbocycles. The second kappa shape index (κ2) is 10.5. The minimum absolute atomic E-state index is 0.00370. The maximum absolute atomic E-state index is 12.3. The van der Waals surface area contributed by atoms with Gasteiger partial charge in [-0.2, -0.15) is 0 Å². The fraction of sp³-hybridized carbons (Fsp3) is 0.833. The lowest BCUT2D eigenvalue weighted by atomic mass is 9.45. The third-order valence-corrected chi connectivity index (χ3v) is 10.7. The highest BCUT2D eigenvalue weighted by Crippen LogP contribution is 2.67. The molecule has 0 bridgehead atoms. The van der Waals surface area contributed by atoms with Crippen LogP contribution < -0.4 is 0 Å². The van der Waals surface area contributed by atoms with E-state index in [1.807, 2.05) is 6.92 Å². The Morgan fingerprint density at radius 1 is 0.972 bits per heavy atom. The van der Waals surface area contributed by atoms with Crippen LogP contribution in [0.5, 0.6) is 0 Å². The Kier molecular flexibility index (Phi) is 7.92. The first-order valence-electron chi connectivity index (χ1n) is 14.2. The average Bonchev–Trinajstić information content (AvgIpc) is 3.16. The van der Waals surface area contributed by atoms with Gasteiger partial charge in [0.2, 0.25) is 0 Å². The van der Waals surface area contributed by atoms with Gasteiger partial charge in [-0.15, -0.1) is 0 Å². The van der Waals surface area contributed by atoms with Crippen molar-refractivity contribution in [3.63, 3.8) is 0 Å². The van der Waals surface area contributed by atoms with Gasteiger partial charge in [0.1, 0.15) is 12.2 Å². The smallest absolute Gasteiger partial charge is 0.305 e. The van der Waals surface area contributed by atoms with Crippen molar-refractivity contribution in [2.24, 2.45) is 46.3 Å². The van der Waals surface area contributed by atoms with Crippen LogP contribution in [0.3, 0.4) is 0 Å². The van der Waals surface area contributed by atoms with E-state index in [1.54, 1.807) is 0 Å². The number of carbonyl (C=O) groups excluding carboxylic acids is 3. The summed E-state index contributed by atoms with van der Waals surface area (Å²) >= 11 is 0. The topological polar surface area (TPSA) is 78.9 Å². The van der Waals surface area contributed by atoms with Crippen molar-refractivity contribution in [1.29, 1.82) is 0 Å². The third-order valence-electron chi connectivity index (χ3n) is 10.7. The molecule has 6 nitrogen and oxygen atoms in total. The lowest BCUT2D eigenvalue weighted by molar-refractivity contribution is -0.183. The SMILES string of the molecule is CCOC(=O)CC[C@H](C)[C@H]1CC[C@@H]2[C@@H]3C=C[C@@H]4C[C@H](OC(C)=O)CC[C@]4(C)[C@@H]3C[C@H](OC(C)=O)[C@@]21C. The monoisotopic (exact) mass is 502 g/mol. The largest absolute Gasteiger partial charge is 0.466 e. The molecule has 0 aliphatic heterocycles. The van der Waals surface area contributed by atoms with Gasteiger partial charge in [0.25, 0.3) is 0 Å². The molecule has 0 heterocycles. The lowest BCUT2D eigenvalue weighted by Gasteiger charge is -2.61. The van der Waals surface area contributed by atoms with Gasteiger partial charge in [-0.25, -0.2) is 0 Å². The summed E-state index contributed by atoms with van der Waals surface area (Å²) in [4.78, 5) is 35.9. The van der Waals surface area contributed by atoms with E-state index in [9.17, 15) is 14.4 Å². The van der Waals surface area contributed by atoms with Crippen molar-refractivity contribution in [2.75, 3.05) is 6.61 Å². The minimum Gasteiger partial charge on any atom is -0.466 e. The molecule has 4 rings (SSSR count). The fourth-order valence-electron chi connectivity index (χ4n) is 8.98. The van der Waals surface area contributed by atoms with Crippen LogP contribution in [0.15, 0.2) is 12.2 Å². The molecule has 0 aromatic rings. The zero-order chi connectivity index (χ0) is 26.3. The van der Waals surface area contributed by atoms with Crippen LogP contribution in [0, 0.1) is 46.3 Å². The van der Waals surface area contributed by atoms with Crippen molar-refractivity contribution in [3.05, 3.63) is 12.2 Å². The number of rotatable bonds is 7. The van der Waals surface area contributed by atoms with Crippen molar-refractivity contribution in [1.82, 2.24) is 0 Å². The van der Waals surface area contributed by atoms with Crippen molar-refractivity contribution >= 4 is 17.9 Å². The molecule has 4 aliphatic rings. The van der Waals surface area contributed by atoms with E-state index >= 15 is 0 Å². The van der Waals surface area contributed by atoms with Gasteiger partial charge in [0.05, 0.1) is 6.61 Å². The lowest BCUT2D eigenvalue weighted by Crippen LogP contribution is -2.58. The Balaban J connectivity index is 1.59. The Labute approximate surface area is 216 Å². The number of ether oxygens (including phenoxy) is 3. The second-order valence-electron chi connectivity index (χ2n) is 12.5. The summed E-state index contributed by atoms with van der Waals surface area (Å²) in [6, 6.07) is 0. The van der Waals surface area contributed by atoms with Gasteiger partial charge < -0.3 is 14.2 Å². The summed E-state index contributed by atoms with van der Waals surface area (Å²) < 4.78 is 17.0. The molecule has 0 spiro atoms. The van der Waals surface area contributed by atoms with E-state index in [0.717, 1.165) is 44.9 Å². The van der Waals surface area contributed by atoms with Crippen LogP contribution in [0.25, 0.3) is 0 Å². The number of hydrogen-bond acceptors (Lipinski definition) is 6. The predicted molar refractivity (Wildman–Crippen MR) is 137 cm³/mol. The van der Waals surface area contributed by atoms with Crippen molar-refractivity contribution in [3.8, 4) is 0 Å². The second-order valence-corrected chi connectivity index (χ2v) is 12.5. The summed E-state index contributed by atoms with van der Waals surface area (Å²) in [6.45, 7) is 12.3. The molecule has 0 saturated heterocycles. The molecule has 6 heteroatoms. The van der Waals surface area contributed by atoms with Crippen LogP contribution in [0.4, 0.5) is 0 Å². The van der Waals surface area contributed by atoms with Gasteiger partial charge in [-0.05, 0) is 92.8 Å². The number of esters is 3. The Morgan fingerprint density at radius 3 is 2.36 bits per heavy atom. The minimum atomic E-state index is -0.199. The molecule has 0 unspecified atom stereocenters. The van der Waals surface area contributed by atoms with Crippen LogP contribution in [-0.2, 0) is 28.6 Å². The van der Waals surface area contributed by atoms with Gasteiger partial charge in [0.15, 0.2) is 0 Å². The zero-order valence-corrected chi connectivity index (χ0v) is 23.1. The number of carbonyl (C=O) groups is 3. The molecule has 0 radical (unpaired) electrons. The van der Waals surface area contributed by atoms with E-state index in [4.69, 9.17) is 14.2 Å². The summed E-state index contributed by atoms with van der Waals surface area (Å²) in [7, 11) is 0. The molecule has 0 aromatic carbocycles. The summed E-state index contributed by atoms with van der Waals surface area (Å²) in [5.74, 6) is 1.99. The molecule has 202 valence electrons. The third kappa shape index (κ3) is 4.86. The average molecular weight is 503 g/mol. The van der Waals surface area contributed by atoms with Crippen LogP contribution in [0.2, 0.25) is 0 Å². The summed E-state index contributed by atoms with van der Waals surface area (Å²) in [6.07, 6.45) is 11.9. The molecular formula is C30H46O6. The molecule has 0 aromatic heterocycles. The maximum atomic E-state index is 12.3. The zero-order valence-electron chi connectivity index (χ0n) is 23.1. The van der Waals surface area contributed by atoms with Crippen LogP contribution in [0.1, 0.15) is 92.9 Å². The molecular weight excluding hydrogens is 456 g/mol. The van der Waals surface area contributed by atoms with E-state index in [-0.39, 0.29) is 40.9 Å². The molecule has 0 N–H and O–H groups in total. The normalized spacial score (nSPS) is 41.9. The van der Waals surface area contributed by atoms with E-state index in [2.05, 4.69) is 32.9 Å². The van der Waals surface area contributed by atoms with Gasteiger partial charge in [-0.3, -0.25) is 14.4 Å². The predicted octanol–water partition coefficient (Wildman–Crippen LogP) is 5.87. The molecule has 3 fully saturated rings. The first kappa shape index (κ1) is 27.2. The standard InChI is InChI=1S/C30H46O6/c1-7-34-28(33)13-8-18(2)24-11-12-25-23-10-9-21-16-22(35-19(3)31)14-15-29(21,5)26(23)17-27(30(24,25)6)36-20(4)32/h9-10,18,21-27H,7-8,11-17H2,1-6H3/t18-,21+,22+,23-,24+,25+,26+,27-,29-,30+/m0/s1. The van der Waals surface area contributed by atoms with Gasteiger partial charge >= 0.3 is 17.9 Å². The highest BCUT2D eigenvalue weighted by molar-refractivity contribution is 5.69. The maximum Gasteiger partial charge on any atom is 0.305 e. The first-order chi connectivity index (χ1) is 17.0. The molecule has 10 atom stereocenters. The molecule has 4 aliphatic carbocycles. The fourth-order valence-corrected chi connectivity index (χ4v) is 8.98. The summed E-state index contributed by atoms with van der Waals surface area (Å²) in [5, 5.41) is 0. The van der Waals surface area contributed by atoms with E-state index in [1.165, 1.54) is 13.8 Å². The number of hydrogen-bond donors (Lipinski definition) is 0. The highest BCUT2D eigenvalue weighted by atomic mass is 16.5. The van der Waals surface area contributed by atoms with E-state index in [0.29, 0.717) is 48.5 Å². The number of fused-ring (bicyclic) bond motifs is 5. The van der Waals surface area contributed by atoms with Crippen molar-refractivity contribution in [2.45, 2.75) is 105 Å². The van der Waals surface area contributed by atoms with Gasteiger partial charge in [0, 0.05) is 25.7 Å². The molecule has 36 heavy (non-hydrogen) atoms. The first-order valence-corrected chi connectivity index (χ1v) is 14.2. The van der Waals surface area contributed by atoms with Crippen LogP contribution >= 0.6 is 0 Å². The summed E-state index contributed by atoms with van der Waals surface area (Å²) in [5.41, 5.74) is 0.00675. The van der Waals surface area contributed by atoms with E-state index < -0.39 is 0 Å². The van der Waals surface area contributed by atoms with Gasteiger partial charge in [-0.1, -0.05) is 32.9 Å². The Hall–Kier alpha value is -1.85. The molecule has 0 amide bonds.